The molecule has 1 N–H and O–H groups in total. The molecule has 3 rings (SSSR count). The van der Waals surface area contributed by atoms with Gasteiger partial charge in [-0.05, 0) is 78.2 Å². The maximum absolute atomic E-state index is 14.5. The number of rotatable bonds is 9. The number of fused-ring (bicyclic) bond motifs is 2. The first-order valence-corrected chi connectivity index (χ1v) is 13.2. The number of unbranched alkanes of at least 4 members (excludes halogenated alkanes) is 3. The Morgan fingerprint density at radius 1 is 1.16 bits per heavy atom. The highest BCUT2D eigenvalue weighted by Gasteiger charge is 2.35. The van der Waals surface area contributed by atoms with Crippen LogP contribution in [0, 0.1) is 9.39 Å². The largest absolute Gasteiger partial charge is 0.466 e. The van der Waals surface area contributed by atoms with E-state index in [1.807, 2.05) is 34.7 Å². The van der Waals surface area contributed by atoms with Gasteiger partial charge < -0.3 is 10.1 Å². The summed E-state index contributed by atoms with van der Waals surface area (Å²) in [4.78, 5) is 11.5. The Kier molecular flexibility index (Phi) is 8.51. The number of para-hydroxylation sites is 1. The van der Waals surface area contributed by atoms with Crippen molar-refractivity contribution in [3.8, 4) is 0 Å². The highest BCUT2D eigenvalue weighted by atomic mass is 127. The lowest BCUT2D eigenvalue weighted by molar-refractivity contribution is -0.143. The molecule has 0 aliphatic carbocycles. The van der Waals surface area contributed by atoms with Crippen LogP contribution in [0.5, 0.6) is 0 Å². The number of benzene rings is 2. The van der Waals surface area contributed by atoms with Gasteiger partial charge in [-0.2, -0.15) is 0 Å². The minimum Gasteiger partial charge on any atom is -0.466 e. The van der Waals surface area contributed by atoms with Crippen LogP contribution in [0.15, 0.2) is 41.3 Å². The number of hydrogen-bond acceptors (Lipinski definition) is 5. The number of carbonyl (C=O) groups is 1. The van der Waals surface area contributed by atoms with Gasteiger partial charge in [-0.1, -0.05) is 31.0 Å². The Labute approximate surface area is 202 Å². The molecule has 0 saturated heterocycles. The van der Waals surface area contributed by atoms with Crippen LogP contribution in [-0.2, 0) is 19.6 Å². The van der Waals surface area contributed by atoms with E-state index in [2.05, 4.69) is 5.32 Å². The van der Waals surface area contributed by atoms with Gasteiger partial charge in [0, 0.05) is 13.5 Å². The fourth-order valence-electron chi connectivity index (χ4n) is 3.90. The maximum atomic E-state index is 14.5. The summed E-state index contributed by atoms with van der Waals surface area (Å²) >= 11 is 1.82. The second kappa shape index (κ2) is 10.9. The van der Waals surface area contributed by atoms with E-state index in [4.69, 9.17) is 4.74 Å². The van der Waals surface area contributed by atoms with Gasteiger partial charge in [-0.25, -0.2) is 12.8 Å². The summed E-state index contributed by atoms with van der Waals surface area (Å²) in [6, 6.07) is 9.60. The van der Waals surface area contributed by atoms with Crippen molar-refractivity contribution in [3.63, 3.8) is 0 Å². The van der Waals surface area contributed by atoms with Crippen molar-refractivity contribution in [1.82, 2.24) is 5.32 Å². The minimum atomic E-state index is -3.82. The first kappa shape index (κ1) is 24.9. The monoisotopic (exact) mass is 574 g/mol. The Morgan fingerprint density at radius 3 is 2.62 bits per heavy atom. The predicted molar refractivity (Wildman–Crippen MR) is 131 cm³/mol. The summed E-state index contributed by atoms with van der Waals surface area (Å²) in [5, 5.41) is 3.45. The lowest BCUT2D eigenvalue weighted by Gasteiger charge is -2.22. The number of sulfonamides is 1. The van der Waals surface area contributed by atoms with E-state index in [-0.39, 0.29) is 14.4 Å². The molecule has 0 bridgehead atoms. The molecule has 0 aromatic heterocycles. The van der Waals surface area contributed by atoms with Crippen LogP contribution in [0.25, 0.3) is 0 Å². The van der Waals surface area contributed by atoms with Crippen LogP contribution in [0.1, 0.15) is 56.2 Å². The molecule has 0 radical (unpaired) electrons. The van der Waals surface area contributed by atoms with E-state index >= 15 is 0 Å². The second-order valence-electron chi connectivity index (χ2n) is 7.69. The number of ether oxygens (including phenoxy) is 1. The molecule has 2 aromatic carbocycles. The van der Waals surface area contributed by atoms with Crippen LogP contribution in [0.4, 0.5) is 10.1 Å². The molecule has 0 spiro atoms. The molecule has 0 saturated carbocycles. The molecular weight excluding hydrogens is 546 g/mol. The molecule has 174 valence electrons. The highest BCUT2D eigenvalue weighted by molar-refractivity contribution is 14.1. The van der Waals surface area contributed by atoms with Gasteiger partial charge in [0.2, 0.25) is 0 Å². The Bertz CT molecular complexity index is 1080. The zero-order chi connectivity index (χ0) is 23.3. The van der Waals surface area contributed by atoms with Gasteiger partial charge in [-0.15, -0.1) is 0 Å². The van der Waals surface area contributed by atoms with E-state index in [1.165, 1.54) is 23.5 Å². The molecule has 32 heavy (non-hydrogen) atoms. The first-order valence-electron chi connectivity index (χ1n) is 10.7. The fraction of sp³-hybridized carbons (Fsp3) is 0.435. The van der Waals surface area contributed by atoms with E-state index in [1.54, 1.807) is 19.1 Å². The van der Waals surface area contributed by atoms with Crippen molar-refractivity contribution >= 4 is 44.3 Å². The lowest BCUT2D eigenvalue weighted by atomic mass is 9.96. The van der Waals surface area contributed by atoms with Gasteiger partial charge in [0.15, 0.2) is 0 Å². The first-order chi connectivity index (χ1) is 15.3. The summed E-state index contributed by atoms with van der Waals surface area (Å²) in [7, 11) is -2.29. The third-order valence-electron chi connectivity index (χ3n) is 5.55. The summed E-state index contributed by atoms with van der Waals surface area (Å²) in [5.41, 5.74) is 1.79. The normalized spacial score (nSPS) is 16.8. The average Bonchev–Trinajstić information content (AvgIpc) is 2.82. The smallest absolute Gasteiger partial charge is 0.305 e. The molecule has 1 aliphatic rings. The minimum absolute atomic E-state index is 0.119. The summed E-state index contributed by atoms with van der Waals surface area (Å²) in [6.45, 7) is 2.83. The van der Waals surface area contributed by atoms with E-state index in [0.717, 1.165) is 31.2 Å². The molecule has 1 atom stereocenters. The predicted octanol–water partition coefficient (Wildman–Crippen LogP) is 4.76. The maximum Gasteiger partial charge on any atom is 0.305 e. The second-order valence-corrected chi connectivity index (χ2v) is 10.8. The van der Waals surface area contributed by atoms with Gasteiger partial charge >= 0.3 is 5.97 Å². The van der Waals surface area contributed by atoms with Gasteiger partial charge in [0.25, 0.3) is 10.0 Å². The summed E-state index contributed by atoms with van der Waals surface area (Å²) < 4.78 is 47.5. The van der Waals surface area contributed by atoms with Crippen molar-refractivity contribution in [1.29, 1.82) is 0 Å². The highest BCUT2D eigenvalue weighted by Crippen LogP contribution is 2.41. The molecule has 6 nitrogen and oxygen atoms in total. The Morgan fingerprint density at radius 2 is 1.88 bits per heavy atom. The van der Waals surface area contributed by atoms with Gasteiger partial charge in [0.1, 0.15) is 5.82 Å². The quantitative estimate of drug-likeness (QED) is 0.266. The van der Waals surface area contributed by atoms with Crippen LogP contribution in [-0.4, -0.2) is 34.6 Å². The Hall–Kier alpha value is -1.72. The number of hydrogen-bond donors (Lipinski definition) is 1. The Balaban J connectivity index is 1.78. The van der Waals surface area contributed by atoms with E-state index in [9.17, 15) is 17.6 Å². The zero-order valence-electron chi connectivity index (χ0n) is 18.2. The molecule has 0 fully saturated rings. The average molecular weight is 574 g/mol. The third kappa shape index (κ3) is 5.43. The van der Waals surface area contributed by atoms with Crippen molar-refractivity contribution < 1.29 is 22.3 Å². The molecule has 9 heteroatoms. The SMILES string of the molecule is CCOC(=O)CCCCCCNC1c2ccccc2N(C)S(=O)(=O)c2cc(I)c(F)cc21. The summed E-state index contributed by atoms with van der Waals surface area (Å²) in [6.07, 6.45) is 3.88. The zero-order valence-corrected chi connectivity index (χ0v) is 21.2. The lowest BCUT2D eigenvalue weighted by Crippen LogP contribution is -2.26. The van der Waals surface area contributed by atoms with Crippen LogP contribution < -0.4 is 9.62 Å². The van der Waals surface area contributed by atoms with Crippen molar-refractivity contribution in [2.45, 2.75) is 50.0 Å². The molecule has 1 aliphatic heterocycles. The molecule has 1 unspecified atom stereocenters. The topological polar surface area (TPSA) is 75.7 Å². The number of nitrogens with one attached hydrogen (secondary N) is 1. The standard InChI is InChI=1S/C23H28FIN2O4S/c1-3-31-22(28)12-6-4-5-9-13-26-23-16-10-7-8-11-20(16)27(2)32(29,30)21-15-19(25)18(24)14-17(21)23/h7-8,10-11,14-15,23,26H,3-6,9,12-13H2,1-2H3. The van der Waals surface area contributed by atoms with Crippen molar-refractivity contribution in [2.75, 3.05) is 24.5 Å². The number of nitrogens with zero attached hydrogens (tertiary/aromatic N) is 1. The van der Waals surface area contributed by atoms with E-state index in [0.29, 0.717) is 30.8 Å². The van der Waals surface area contributed by atoms with Crippen molar-refractivity contribution in [2.24, 2.45) is 0 Å². The van der Waals surface area contributed by atoms with Crippen LogP contribution >= 0.6 is 22.6 Å². The number of carbonyl (C=O) groups excluding carboxylic acids is 1. The van der Waals surface area contributed by atoms with E-state index < -0.39 is 21.9 Å². The summed E-state index contributed by atoms with van der Waals surface area (Å²) in [5.74, 6) is -0.605. The number of halogens is 2. The molecule has 2 aromatic rings. The van der Waals surface area contributed by atoms with Crippen LogP contribution in [0.2, 0.25) is 0 Å². The van der Waals surface area contributed by atoms with Gasteiger partial charge in [0.05, 0.1) is 26.8 Å². The number of esters is 1. The number of anilines is 1. The molecule has 0 amide bonds. The third-order valence-corrected chi connectivity index (χ3v) is 8.20. The van der Waals surface area contributed by atoms with Gasteiger partial charge in [-0.3, -0.25) is 9.10 Å². The fourth-order valence-corrected chi connectivity index (χ4v) is 6.04. The molecule has 1 heterocycles. The molecular formula is C23H28FIN2O4S. The van der Waals surface area contributed by atoms with Crippen LogP contribution in [0.3, 0.4) is 0 Å². The van der Waals surface area contributed by atoms with Crippen molar-refractivity contribution in [3.05, 3.63) is 56.9 Å².